The van der Waals surface area contributed by atoms with Crippen LogP contribution in [0.1, 0.15) is 11.1 Å². The second-order valence-corrected chi connectivity index (χ2v) is 11.9. The van der Waals surface area contributed by atoms with Gasteiger partial charge in [0.25, 0.3) is 15.9 Å². The summed E-state index contributed by atoms with van der Waals surface area (Å²) in [6, 6.07) is 25.0. The Morgan fingerprint density at radius 3 is 2.31 bits per heavy atom. The van der Waals surface area contributed by atoms with Gasteiger partial charge in [0, 0.05) is 5.02 Å². The van der Waals surface area contributed by atoms with Crippen LogP contribution < -0.4 is 23.9 Å². The highest BCUT2D eigenvalue weighted by atomic mass is 79.9. The smallest absolute Gasteiger partial charge is 0.264 e. The number of nitrogens with zero attached hydrogens (tertiary/aromatic N) is 2. The number of carbonyl (C=O) groups excluding carboxylic acids is 1. The lowest BCUT2D eigenvalue weighted by atomic mass is 10.2. The number of methoxy groups -OCH3 is 2. The minimum absolute atomic E-state index is 0.0486. The molecule has 0 bridgehead atoms. The summed E-state index contributed by atoms with van der Waals surface area (Å²) in [7, 11) is -1.03. The molecular weight excluding hydrogens is 646 g/mol. The van der Waals surface area contributed by atoms with E-state index < -0.39 is 22.5 Å². The zero-order valence-electron chi connectivity index (χ0n) is 22.7. The number of amides is 1. The van der Waals surface area contributed by atoms with Crippen LogP contribution in [-0.2, 0) is 21.4 Å². The molecule has 42 heavy (non-hydrogen) atoms. The number of rotatable bonds is 12. The number of halogens is 2. The average molecular weight is 673 g/mol. The van der Waals surface area contributed by atoms with Gasteiger partial charge in [-0.25, -0.2) is 13.8 Å². The summed E-state index contributed by atoms with van der Waals surface area (Å²) < 4.78 is 45.2. The summed E-state index contributed by atoms with van der Waals surface area (Å²) in [6.45, 7) is -0.211. The normalized spacial score (nSPS) is 11.2. The van der Waals surface area contributed by atoms with Gasteiger partial charge in [0.15, 0.2) is 11.5 Å². The molecule has 0 aliphatic carbocycles. The first-order chi connectivity index (χ1) is 20.2. The maximum Gasteiger partial charge on any atom is 0.264 e. The number of benzene rings is 4. The molecule has 0 saturated carbocycles. The molecule has 0 heterocycles. The number of nitrogens with one attached hydrogen (secondary N) is 1. The molecule has 0 aliphatic heterocycles. The van der Waals surface area contributed by atoms with Gasteiger partial charge >= 0.3 is 0 Å². The van der Waals surface area contributed by atoms with Gasteiger partial charge in [0.1, 0.15) is 18.9 Å². The summed E-state index contributed by atoms with van der Waals surface area (Å²) in [4.78, 5) is 12.9. The van der Waals surface area contributed by atoms with Crippen LogP contribution in [0.4, 0.5) is 5.69 Å². The first kappa shape index (κ1) is 30.9. The molecule has 1 N–H and O–H groups in total. The number of hydrogen-bond acceptors (Lipinski definition) is 7. The Hall–Kier alpha value is -4.06. The molecule has 0 fully saturated rings. The maximum absolute atomic E-state index is 13.5. The van der Waals surface area contributed by atoms with E-state index in [-0.39, 0.29) is 4.90 Å². The van der Waals surface area contributed by atoms with Crippen molar-refractivity contribution in [2.45, 2.75) is 11.5 Å². The highest BCUT2D eigenvalue weighted by molar-refractivity contribution is 9.10. The Morgan fingerprint density at radius 1 is 0.976 bits per heavy atom. The lowest BCUT2D eigenvalue weighted by Gasteiger charge is -2.23. The van der Waals surface area contributed by atoms with Gasteiger partial charge in [-0.05, 0) is 87.7 Å². The summed E-state index contributed by atoms with van der Waals surface area (Å²) in [5, 5.41) is 4.66. The van der Waals surface area contributed by atoms with Crippen molar-refractivity contribution in [3.8, 4) is 17.2 Å². The van der Waals surface area contributed by atoms with Crippen LogP contribution in [0.5, 0.6) is 17.2 Å². The van der Waals surface area contributed by atoms with E-state index in [1.165, 1.54) is 32.6 Å². The molecule has 0 aliphatic rings. The molecule has 0 aromatic heterocycles. The molecule has 4 aromatic carbocycles. The van der Waals surface area contributed by atoms with E-state index in [1.807, 2.05) is 12.1 Å². The Morgan fingerprint density at radius 2 is 1.67 bits per heavy atom. The van der Waals surface area contributed by atoms with Crippen molar-refractivity contribution in [2.24, 2.45) is 5.10 Å². The van der Waals surface area contributed by atoms with Gasteiger partial charge in [-0.2, -0.15) is 5.10 Å². The monoisotopic (exact) mass is 671 g/mol. The Kier molecular flexibility index (Phi) is 10.5. The zero-order valence-corrected chi connectivity index (χ0v) is 25.8. The standard InChI is InChI=1S/C30H27BrClN3O6S/c1-39-25-14-12-24(13-15-25)35(42(37,38)26-6-4-3-5-7-26)19-29(36)34-33-18-22-16-27(31)30(28(17-22)40-2)41-20-21-8-10-23(32)11-9-21/h3-18H,19-20H2,1-2H3,(H,34,36)/b33-18+. The van der Waals surface area contributed by atoms with Crippen LogP contribution in [0.15, 0.2) is 105 Å². The van der Waals surface area contributed by atoms with Crippen molar-refractivity contribution in [2.75, 3.05) is 25.1 Å². The fraction of sp³-hybridized carbons (Fsp3) is 0.133. The summed E-state index contributed by atoms with van der Waals surface area (Å²) in [5.41, 5.74) is 4.22. The first-order valence-electron chi connectivity index (χ1n) is 12.5. The predicted octanol–water partition coefficient (Wildman–Crippen LogP) is 6.04. The molecule has 4 rings (SSSR count). The number of ether oxygens (including phenoxy) is 3. The quantitative estimate of drug-likeness (QED) is 0.145. The summed E-state index contributed by atoms with van der Waals surface area (Å²) >= 11 is 9.45. The first-order valence-corrected chi connectivity index (χ1v) is 15.1. The van der Waals surface area contributed by atoms with Crippen molar-refractivity contribution in [1.29, 1.82) is 0 Å². The van der Waals surface area contributed by atoms with Gasteiger partial charge in [0.05, 0.1) is 35.5 Å². The summed E-state index contributed by atoms with van der Waals surface area (Å²) in [5.74, 6) is 0.851. The number of carbonyl (C=O) groups is 1. The number of sulfonamides is 1. The highest BCUT2D eigenvalue weighted by Crippen LogP contribution is 2.37. The number of hydrazone groups is 1. The van der Waals surface area contributed by atoms with E-state index in [0.717, 1.165) is 9.87 Å². The molecule has 0 spiro atoms. The third kappa shape index (κ3) is 7.81. The van der Waals surface area contributed by atoms with Gasteiger partial charge in [-0.1, -0.05) is 41.9 Å². The van der Waals surface area contributed by atoms with Crippen molar-refractivity contribution in [3.63, 3.8) is 0 Å². The molecule has 0 atom stereocenters. The second-order valence-electron chi connectivity index (χ2n) is 8.77. The third-order valence-electron chi connectivity index (χ3n) is 5.93. The molecule has 0 saturated heterocycles. The summed E-state index contributed by atoms with van der Waals surface area (Å²) in [6.07, 6.45) is 1.41. The molecule has 0 radical (unpaired) electrons. The van der Waals surface area contributed by atoms with E-state index in [4.69, 9.17) is 25.8 Å². The van der Waals surface area contributed by atoms with Crippen LogP contribution in [0.25, 0.3) is 0 Å². The SMILES string of the molecule is COc1ccc(N(CC(=O)N/N=C/c2cc(Br)c(OCc3ccc(Cl)cc3)c(OC)c2)S(=O)(=O)c2ccccc2)cc1. The lowest BCUT2D eigenvalue weighted by molar-refractivity contribution is -0.119. The van der Waals surface area contributed by atoms with Gasteiger partial charge in [0.2, 0.25) is 0 Å². The van der Waals surface area contributed by atoms with Crippen LogP contribution in [0.3, 0.4) is 0 Å². The topological polar surface area (TPSA) is 107 Å². The lowest BCUT2D eigenvalue weighted by Crippen LogP contribution is -2.39. The fourth-order valence-electron chi connectivity index (χ4n) is 3.82. The average Bonchev–Trinajstić information content (AvgIpc) is 3.00. The molecule has 0 unspecified atom stereocenters. The molecule has 9 nitrogen and oxygen atoms in total. The largest absolute Gasteiger partial charge is 0.497 e. The Bertz CT molecular complexity index is 1650. The zero-order chi connectivity index (χ0) is 30.1. The van der Waals surface area contributed by atoms with E-state index in [9.17, 15) is 13.2 Å². The van der Waals surface area contributed by atoms with Crippen molar-refractivity contribution in [3.05, 3.63) is 112 Å². The fourth-order valence-corrected chi connectivity index (χ4v) is 5.96. The van der Waals surface area contributed by atoms with Crippen LogP contribution in [-0.4, -0.2) is 41.3 Å². The molecule has 218 valence electrons. The van der Waals surface area contributed by atoms with Crippen molar-refractivity contribution < 1.29 is 27.4 Å². The van der Waals surface area contributed by atoms with E-state index in [1.54, 1.807) is 66.7 Å². The minimum Gasteiger partial charge on any atom is -0.497 e. The molecule has 12 heteroatoms. The molecule has 1 amide bonds. The van der Waals surface area contributed by atoms with Crippen LogP contribution in [0.2, 0.25) is 5.02 Å². The number of hydrogen-bond donors (Lipinski definition) is 1. The Labute approximate surface area is 257 Å². The minimum atomic E-state index is -4.06. The van der Waals surface area contributed by atoms with Gasteiger partial charge in [-0.3, -0.25) is 9.10 Å². The van der Waals surface area contributed by atoms with Gasteiger partial charge < -0.3 is 14.2 Å². The van der Waals surface area contributed by atoms with Gasteiger partial charge in [-0.15, -0.1) is 0 Å². The maximum atomic E-state index is 13.5. The van der Waals surface area contributed by atoms with Crippen LogP contribution in [0, 0.1) is 0 Å². The molecular formula is C30H27BrClN3O6S. The van der Waals surface area contributed by atoms with Crippen molar-refractivity contribution in [1.82, 2.24) is 5.43 Å². The highest BCUT2D eigenvalue weighted by Gasteiger charge is 2.27. The predicted molar refractivity (Wildman–Crippen MR) is 166 cm³/mol. The Balaban J connectivity index is 1.48. The van der Waals surface area contributed by atoms with Crippen molar-refractivity contribution >= 4 is 55.4 Å². The van der Waals surface area contributed by atoms with E-state index >= 15 is 0 Å². The van der Waals surface area contributed by atoms with Crippen LogP contribution >= 0.6 is 27.5 Å². The number of anilines is 1. The van der Waals surface area contributed by atoms with E-state index in [0.29, 0.717) is 44.6 Å². The third-order valence-corrected chi connectivity index (χ3v) is 8.56. The molecule has 4 aromatic rings. The second kappa shape index (κ2) is 14.2. The van der Waals surface area contributed by atoms with E-state index in [2.05, 4.69) is 26.5 Å².